The molecule has 0 aliphatic heterocycles. The molecule has 0 atom stereocenters. The SMILES string of the molecule is COc1cc2ccnc(-n3cnc(C#N)n3)c2cc1OC. The van der Waals surface area contributed by atoms with Crippen molar-refractivity contribution in [2.75, 3.05) is 14.2 Å². The number of benzene rings is 1. The molecule has 0 N–H and O–H groups in total. The van der Waals surface area contributed by atoms with Gasteiger partial charge in [-0.2, -0.15) is 5.26 Å². The van der Waals surface area contributed by atoms with Crippen molar-refractivity contribution in [3.63, 3.8) is 0 Å². The van der Waals surface area contributed by atoms with Gasteiger partial charge in [0, 0.05) is 11.6 Å². The molecule has 0 unspecified atom stereocenters. The van der Waals surface area contributed by atoms with E-state index in [1.165, 1.54) is 11.0 Å². The first kappa shape index (κ1) is 12.9. The average Bonchev–Trinajstić information content (AvgIpc) is 3.01. The van der Waals surface area contributed by atoms with Crippen molar-refractivity contribution < 1.29 is 9.47 Å². The van der Waals surface area contributed by atoms with Crippen LogP contribution >= 0.6 is 0 Å². The quantitative estimate of drug-likeness (QED) is 0.726. The van der Waals surface area contributed by atoms with Crippen molar-refractivity contribution in [3.05, 3.63) is 36.5 Å². The van der Waals surface area contributed by atoms with Crippen LogP contribution in [0.1, 0.15) is 5.82 Å². The first-order chi connectivity index (χ1) is 10.3. The molecule has 0 saturated carbocycles. The Morgan fingerprint density at radius 3 is 2.57 bits per heavy atom. The van der Waals surface area contributed by atoms with E-state index in [-0.39, 0.29) is 5.82 Å². The zero-order chi connectivity index (χ0) is 14.8. The minimum absolute atomic E-state index is 0.0919. The summed E-state index contributed by atoms with van der Waals surface area (Å²) in [5, 5.41) is 14.6. The molecule has 1 aromatic carbocycles. The van der Waals surface area contributed by atoms with Gasteiger partial charge in [-0.1, -0.05) is 0 Å². The van der Waals surface area contributed by atoms with E-state index in [1.807, 2.05) is 24.3 Å². The van der Waals surface area contributed by atoms with Gasteiger partial charge in [-0.25, -0.2) is 14.6 Å². The Morgan fingerprint density at radius 1 is 1.14 bits per heavy atom. The number of hydrogen-bond donors (Lipinski definition) is 0. The number of methoxy groups -OCH3 is 2. The Labute approximate surface area is 120 Å². The Morgan fingerprint density at radius 2 is 1.90 bits per heavy atom. The van der Waals surface area contributed by atoms with E-state index in [9.17, 15) is 0 Å². The Balaban J connectivity index is 2.26. The molecule has 21 heavy (non-hydrogen) atoms. The molecule has 3 aromatic rings. The Bertz CT molecular complexity index is 850. The number of aromatic nitrogens is 4. The fraction of sp³-hybridized carbons (Fsp3) is 0.143. The molecule has 7 heteroatoms. The third-order valence-electron chi connectivity index (χ3n) is 3.06. The van der Waals surface area contributed by atoms with Crippen LogP contribution in [0.2, 0.25) is 0 Å². The van der Waals surface area contributed by atoms with Gasteiger partial charge in [0.15, 0.2) is 17.3 Å². The van der Waals surface area contributed by atoms with E-state index in [1.54, 1.807) is 20.4 Å². The molecule has 0 bridgehead atoms. The summed E-state index contributed by atoms with van der Waals surface area (Å²) in [6, 6.07) is 7.44. The van der Waals surface area contributed by atoms with E-state index in [0.29, 0.717) is 17.3 Å². The summed E-state index contributed by atoms with van der Waals surface area (Å²) in [4.78, 5) is 8.20. The van der Waals surface area contributed by atoms with Crippen LogP contribution in [0.25, 0.3) is 16.6 Å². The zero-order valence-electron chi connectivity index (χ0n) is 11.4. The van der Waals surface area contributed by atoms with E-state index >= 15 is 0 Å². The number of hydrogen-bond acceptors (Lipinski definition) is 6. The van der Waals surface area contributed by atoms with Crippen molar-refractivity contribution >= 4 is 10.8 Å². The molecule has 0 amide bonds. The maximum absolute atomic E-state index is 8.82. The number of nitrogens with zero attached hydrogens (tertiary/aromatic N) is 5. The normalized spacial score (nSPS) is 10.3. The fourth-order valence-corrected chi connectivity index (χ4v) is 2.08. The van der Waals surface area contributed by atoms with E-state index < -0.39 is 0 Å². The molecule has 0 aliphatic rings. The zero-order valence-corrected chi connectivity index (χ0v) is 11.4. The Hall–Kier alpha value is -3.14. The van der Waals surface area contributed by atoms with Gasteiger partial charge >= 0.3 is 0 Å². The average molecular weight is 281 g/mol. The number of nitriles is 1. The lowest BCUT2D eigenvalue weighted by Crippen LogP contribution is -2.00. The van der Waals surface area contributed by atoms with Gasteiger partial charge in [0.2, 0.25) is 0 Å². The predicted octanol–water partition coefficient (Wildman–Crippen LogP) is 1.70. The van der Waals surface area contributed by atoms with Crippen molar-refractivity contribution in [1.29, 1.82) is 5.26 Å². The second-order valence-corrected chi connectivity index (χ2v) is 4.19. The first-order valence-corrected chi connectivity index (χ1v) is 6.09. The van der Waals surface area contributed by atoms with Crippen molar-refractivity contribution in [2.24, 2.45) is 0 Å². The molecule has 0 radical (unpaired) electrons. The van der Waals surface area contributed by atoms with Gasteiger partial charge in [0.1, 0.15) is 12.4 Å². The van der Waals surface area contributed by atoms with Crippen LogP contribution in [0.4, 0.5) is 0 Å². The third-order valence-corrected chi connectivity index (χ3v) is 3.06. The Kier molecular flexibility index (Phi) is 3.12. The topological polar surface area (TPSA) is 85.9 Å². The summed E-state index contributed by atoms with van der Waals surface area (Å²) in [5.41, 5.74) is 0. The molecular weight excluding hydrogens is 270 g/mol. The van der Waals surface area contributed by atoms with Gasteiger partial charge in [-0.3, -0.25) is 0 Å². The molecule has 0 aliphatic carbocycles. The monoisotopic (exact) mass is 281 g/mol. The van der Waals surface area contributed by atoms with E-state index in [4.69, 9.17) is 14.7 Å². The molecular formula is C14H11N5O2. The highest BCUT2D eigenvalue weighted by molar-refractivity contribution is 5.91. The second kappa shape index (κ2) is 5.09. The number of rotatable bonds is 3. The lowest BCUT2D eigenvalue weighted by atomic mass is 10.1. The third kappa shape index (κ3) is 2.12. The second-order valence-electron chi connectivity index (χ2n) is 4.19. The summed E-state index contributed by atoms with van der Waals surface area (Å²) >= 11 is 0. The molecule has 2 heterocycles. The summed E-state index contributed by atoms with van der Waals surface area (Å²) in [7, 11) is 3.16. The molecule has 0 saturated heterocycles. The molecule has 104 valence electrons. The van der Waals surface area contributed by atoms with Crippen molar-refractivity contribution in [2.45, 2.75) is 0 Å². The molecule has 7 nitrogen and oxygen atoms in total. The van der Waals surface area contributed by atoms with Crippen molar-refractivity contribution in [1.82, 2.24) is 19.7 Å². The van der Waals surface area contributed by atoms with Crippen LogP contribution in [0.3, 0.4) is 0 Å². The summed E-state index contributed by atoms with van der Waals surface area (Å²) in [5.74, 6) is 1.90. The smallest absolute Gasteiger partial charge is 0.252 e. The van der Waals surface area contributed by atoms with Crippen molar-refractivity contribution in [3.8, 4) is 23.4 Å². The predicted molar refractivity (Wildman–Crippen MR) is 74.5 cm³/mol. The van der Waals surface area contributed by atoms with Gasteiger partial charge in [0.05, 0.1) is 14.2 Å². The summed E-state index contributed by atoms with van der Waals surface area (Å²) < 4.78 is 12.1. The highest BCUT2D eigenvalue weighted by Crippen LogP contribution is 2.33. The van der Waals surface area contributed by atoms with Crippen LogP contribution in [-0.4, -0.2) is 34.0 Å². The van der Waals surface area contributed by atoms with Crippen LogP contribution < -0.4 is 9.47 Å². The lowest BCUT2D eigenvalue weighted by Gasteiger charge is -2.11. The number of fused-ring (bicyclic) bond motifs is 1. The van der Waals surface area contributed by atoms with Crippen LogP contribution in [0, 0.1) is 11.3 Å². The molecule has 3 rings (SSSR count). The van der Waals surface area contributed by atoms with Gasteiger partial charge in [-0.15, -0.1) is 5.10 Å². The van der Waals surface area contributed by atoms with Gasteiger partial charge < -0.3 is 9.47 Å². The minimum atomic E-state index is 0.0919. The van der Waals surface area contributed by atoms with E-state index in [0.717, 1.165) is 10.8 Å². The molecule has 0 spiro atoms. The summed E-state index contributed by atoms with van der Waals surface area (Å²) in [6.07, 6.45) is 3.12. The fourth-order valence-electron chi connectivity index (χ4n) is 2.08. The maximum Gasteiger partial charge on any atom is 0.252 e. The maximum atomic E-state index is 8.82. The first-order valence-electron chi connectivity index (χ1n) is 6.09. The minimum Gasteiger partial charge on any atom is -0.493 e. The van der Waals surface area contributed by atoms with Gasteiger partial charge in [0.25, 0.3) is 5.82 Å². The lowest BCUT2D eigenvalue weighted by molar-refractivity contribution is 0.356. The molecule has 0 fully saturated rings. The highest BCUT2D eigenvalue weighted by atomic mass is 16.5. The standard InChI is InChI=1S/C14H11N5O2/c1-20-11-5-9-3-4-16-14(10(9)6-12(11)21-2)19-8-17-13(7-15)18-19/h3-6,8H,1-2H3. The van der Waals surface area contributed by atoms with Crippen LogP contribution in [0.5, 0.6) is 11.5 Å². The summed E-state index contributed by atoms with van der Waals surface area (Å²) in [6.45, 7) is 0. The van der Waals surface area contributed by atoms with Crippen LogP contribution in [0.15, 0.2) is 30.7 Å². The van der Waals surface area contributed by atoms with Crippen LogP contribution in [-0.2, 0) is 0 Å². The van der Waals surface area contributed by atoms with E-state index in [2.05, 4.69) is 15.1 Å². The highest BCUT2D eigenvalue weighted by Gasteiger charge is 2.12. The largest absolute Gasteiger partial charge is 0.493 e. The van der Waals surface area contributed by atoms with Gasteiger partial charge in [-0.05, 0) is 23.6 Å². The number of ether oxygens (including phenoxy) is 2. The number of pyridine rings is 1. The molecule has 2 aromatic heterocycles.